The van der Waals surface area contributed by atoms with Gasteiger partial charge in [-0.25, -0.2) is 4.79 Å². The van der Waals surface area contributed by atoms with Gasteiger partial charge in [-0.05, 0) is 49.2 Å². The number of urea groups is 1. The number of nitrogens with zero attached hydrogens (tertiary/aromatic N) is 4. The van der Waals surface area contributed by atoms with Crippen LogP contribution in [0.5, 0.6) is 0 Å². The Morgan fingerprint density at radius 3 is 2.27 bits per heavy atom. The third-order valence-corrected chi connectivity index (χ3v) is 5.66. The highest BCUT2D eigenvalue weighted by Gasteiger charge is 2.30. The molecule has 10 heteroatoms. The number of hydrogen-bond acceptors (Lipinski definition) is 5. The lowest BCUT2D eigenvalue weighted by atomic mass is 10.1. The molecule has 0 saturated carbocycles. The van der Waals surface area contributed by atoms with Crippen LogP contribution in [0.4, 0.5) is 23.7 Å². The van der Waals surface area contributed by atoms with Crippen LogP contribution in [0.2, 0.25) is 0 Å². The normalized spacial score (nSPS) is 15.0. The van der Waals surface area contributed by atoms with Crippen LogP contribution in [0, 0.1) is 13.8 Å². The van der Waals surface area contributed by atoms with Crippen molar-refractivity contribution in [2.24, 2.45) is 0 Å². The van der Waals surface area contributed by atoms with Crippen LogP contribution in [-0.2, 0) is 12.7 Å². The highest BCUT2D eigenvalue weighted by Crippen LogP contribution is 2.30. The standard InChI is InChI=1S/C23H24F3N5O2/c1-15-4-3-5-16(2)20(15)28-22(32)31-12-10-30(11-13-31)14-19-27-21(33-29-19)17-6-8-18(9-7-17)23(24,25)26/h3-9H,10-14H2,1-2H3,(H,28,32). The number of carbonyl (C=O) groups is 1. The van der Waals surface area contributed by atoms with Gasteiger partial charge >= 0.3 is 12.2 Å². The Bertz CT molecular complexity index is 1100. The van der Waals surface area contributed by atoms with Gasteiger partial charge < -0.3 is 14.7 Å². The quantitative estimate of drug-likeness (QED) is 0.611. The minimum Gasteiger partial charge on any atom is -0.334 e. The van der Waals surface area contributed by atoms with Crippen LogP contribution in [0.15, 0.2) is 47.0 Å². The molecule has 1 aliphatic rings. The molecule has 1 saturated heterocycles. The van der Waals surface area contributed by atoms with Crippen molar-refractivity contribution in [3.8, 4) is 11.5 Å². The zero-order valence-electron chi connectivity index (χ0n) is 18.3. The molecule has 1 aliphatic heterocycles. The number of hydrogen-bond donors (Lipinski definition) is 1. The lowest BCUT2D eigenvalue weighted by Crippen LogP contribution is -2.49. The van der Waals surface area contributed by atoms with Gasteiger partial charge in [0.25, 0.3) is 5.89 Å². The zero-order valence-corrected chi connectivity index (χ0v) is 18.3. The zero-order chi connectivity index (χ0) is 23.6. The number of alkyl halides is 3. The maximum absolute atomic E-state index is 12.7. The number of rotatable bonds is 4. The summed E-state index contributed by atoms with van der Waals surface area (Å²) in [6, 6.07) is 10.4. The molecule has 0 spiro atoms. The van der Waals surface area contributed by atoms with Crippen molar-refractivity contribution in [3.63, 3.8) is 0 Å². The number of piperazine rings is 1. The van der Waals surface area contributed by atoms with Crippen molar-refractivity contribution < 1.29 is 22.5 Å². The van der Waals surface area contributed by atoms with Crippen molar-refractivity contribution in [2.45, 2.75) is 26.6 Å². The Hall–Kier alpha value is -3.40. The van der Waals surface area contributed by atoms with E-state index in [0.29, 0.717) is 44.1 Å². The molecule has 4 rings (SSSR count). The summed E-state index contributed by atoms with van der Waals surface area (Å²) in [7, 11) is 0. The second-order valence-corrected chi connectivity index (χ2v) is 8.05. The summed E-state index contributed by atoms with van der Waals surface area (Å²) in [6.45, 7) is 6.75. The summed E-state index contributed by atoms with van der Waals surface area (Å²) in [5, 5.41) is 6.95. The van der Waals surface area contributed by atoms with E-state index < -0.39 is 11.7 Å². The number of aryl methyl sites for hydroxylation is 2. The van der Waals surface area contributed by atoms with E-state index in [9.17, 15) is 18.0 Å². The van der Waals surface area contributed by atoms with E-state index in [4.69, 9.17) is 4.52 Å². The molecule has 3 aromatic rings. The molecule has 0 aliphatic carbocycles. The summed E-state index contributed by atoms with van der Waals surface area (Å²) in [6.07, 6.45) is -4.39. The van der Waals surface area contributed by atoms with Gasteiger partial charge in [0.2, 0.25) is 0 Å². The highest BCUT2D eigenvalue weighted by atomic mass is 19.4. The van der Waals surface area contributed by atoms with Crippen molar-refractivity contribution in [1.82, 2.24) is 19.9 Å². The van der Waals surface area contributed by atoms with E-state index in [0.717, 1.165) is 28.9 Å². The first-order chi connectivity index (χ1) is 15.7. The first-order valence-corrected chi connectivity index (χ1v) is 10.6. The number of aromatic nitrogens is 2. The maximum atomic E-state index is 12.7. The second kappa shape index (κ2) is 9.22. The highest BCUT2D eigenvalue weighted by molar-refractivity contribution is 5.91. The van der Waals surface area contributed by atoms with Gasteiger partial charge in [-0.15, -0.1) is 0 Å². The van der Waals surface area contributed by atoms with E-state index in [-0.39, 0.29) is 11.9 Å². The molecule has 1 aromatic heterocycles. The maximum Gasteiger partial charge on any atom is 0.416 e. The summed E-state index contributed by atoms with van der Waals surface area (Å²) in [4.78, 5) is 20.8. The SMILES string of the molecule is Cc1cccc(C)c1NC(=O)N1CCN(Cc2noc(-c3ccc(C(F)(F)F)cc3)n2)CC1. The van der Waals surface area contributed by atoms with Gasteiger partial charge in [0.05, 0.1) is 12.1 Å². The number of anilines is 1. The molecule has 0 radical (unpaired) electrons. The molecule has 0 unspecified atom stereocenters. The molecule has 0 bridgehead atoms. The molecule has 0 atom stereocenters. The molecule has 2 amide bonds. The van der Waals surface area contributed by atoms with Gasteiger partial charge in [-0.1, -0.05) is 23.4 Å². The van der Waals surface area contributed by atoms with Crippen molar-refractivity contribution >= 4 is 11.7 Å². The lowest BCUT2D eigenvalue weighted by Gasteiger charge is -2.34. The molecular formula is C23H24F3N5O2. The number of nitrogens with one attached hydrogen (secondary N) is 1. The van der Waals surface area contributed by atoms with Gasteiger partial charge in [-0.2, -0.15) is 18.2 Å². The predicted octanol–water partition coefficient (Wildman–Crippen LogP) is 4.72. The Morgan fingerprint density at radius 2 is 1.67 bits per heavy atom. The van der Waals surface area contributed by atoms with E-state index in [2.05, 4.69) is 20.4 Å². The van der Waals surface area contributed by atoms with Crippen molar-refractivity contribution in [3.05, 3.63) is 65.0 Å². The Labute approximate surface area is 189 Å². The lowest BCUT2D eigenvalue weighted by molar-refractivity contribution is -0.137. The summed E-state index contributed by atoms with van der Waals surface area (Å²) in [5.41, 5.74) is 2.57. The van der Waals surface area contributed by atoms with E-state index in [1.54, 1.807) is 4.90 Å². The Morgan fingerprint density at radius 1 is 1.03 bits per heavy atom. The third kappa shape index (κ3) is 5.33. The molecule has 7 nitrogen and oxygen atoms in total. The fourth-order valence-electron chi connectivity index (χ4n) is 3.74. The minimum absolute atomic E-state index is 0.129. The number of amides is 2. The predicted molar refractivity (Wildman–Crippen MR) is 117 cm³/mol. The number of carbonyl (C=O) groups excluding carboxylic acids is 1. The van der Waals surface area contributed by atoms with Crippen LogP contribution in [0.1, 0.15) is 22.5 Å². The monoisotopic (exact) mass is 459 g/mol. The fraction of sp³-hybridized carbons (Fsp3) is 0.348. The fourth-order valence-corrected chi connectivity index (χ4v) is 3.74. The first-order valence-electron chi connectivity index (χ1n) is 10.6. The van der Waals surface area contributed by atoms with Crippen LogP contribution in [-0.4, -0.2) is 52.2 Å². The van der Waals surface area contributed by atoms with Crippen molar-refractivity contribution in [1.29, 1.82) is 0 Å². The molecular weight excluding hydrogens is 435 g/mol. The van der Waals surface area contributed by atoms with Gasteiger partial charge in [0.1, 0.15) is 0 Å². The minimum atomic E-state index is -4.39. The summed E-state index contributed by atoms with van der Waals surface area (Å²) < 4.78 is 43.4. The van der Waals surface area contributed by atoms with Crippen LogP contribution >= 0.6 is 0 Å². The average Bonchev–Trinajstić information content (AvgIpc) is 3.25. The molecule has 174 valence electrons. The van der Waals surface area contributed by atoms with Crippen molar-refractivity contribution in [2.75, 3.05) is 31.5 Å². The smallest absolute Gasteiger partial charge is 0.334 e. The van der Waals surface area contributed by atoms with Gasteiger partial charge in [0.15, 0.2) is 5.82 Å². The second-order valence-electron chi connectivity index (χ2n) is 8.05. The molecule has 2 aromatic carbocycles. The van der Waals surface area contributed by atoms with E-state index in [1.807, 2.05) is 32.0 Å². The van der Waals surface area contributed by atoms with Crippen LogP contribution < -0.4 is 5.32 Å². The van der Waals surface area contributed by atoms with E-state index >= 15 is 0 Å². The first kappa shape index (κ1) is 22.8. The number of para-hydroxylation sites is 1. The molecule has 2 heterocycles. The average molecular weight is 459 g/mol. The largest absolute Gasteiger partial charge is 0.416 e. The molecule has 1 N–H and O–H groups in total. The van der Waals surface area contributed by atoms with Gasteiger partial charge in [-0.3, -0.25) is 4.90 Å². The summed E-state index contributed by atoms with van der Waals surface area (Å²) in [5.74, 6) is 0.615. The van der Waals surface area contributed by atoms with Gasteiger partial charge in [0, 0.05) is 37.4 Å². The van der Waals surface area contributed by atoms with E-state index in [1.165, 1.54) is 12.1 Å². The molecule has 33 heavy (non-hydrogen) atoms. The Kier molecular flexibility index (Phi) is 6.37. The van der Waals surface area contributed by atoms with Crippen LogP contribution in [0.25, 0.3) is 11.5 Å². The number of halogens is 3. The Balaban J connectivity index is 1.31. The summed E-state index contributed by atoms with van der Waals surface area (Å²) >= 11 is 0. The third-order valence-electron chi connectivity index (χ3n) is 5.66. The molecule has 1 fully saturated rings. The topological polar surface area (TPSA) is 74.5 Å². The van der Waals surface area contributed by atoms with Crippen LogP contribution in [0.3, 0.4) is 0 Å². The number of benzene rings is 2.